The highest BCUT2D eigenvalue weighted by Crippen LogP contribution is 2.28. The Balaban J connectivity index is 1.77. The van der Waals surface area contributed by atoms with Crippen molar-refractivity contribution in [2.45, 2.75) is 10.9 Å². The number of halogens is 2. The molecule has 0 fully saturated rings. The number of nitrogens with two attached hydrogens (primary N) is 1. The monoisotopic (exact) mass is 340 g/mol. The number of nitrogen functional groups attached to an aromatic ring is 1. The largest absolute Gasteiger partial charge is 0.461 e. The fourth-order valence-electron chi connectivity index (χ4n) is 1.73. The molecular formula is C13H10Cl2N4OS. The molecule has 5 nitrogen and oxygen atoms in total. The Bertz CT molecular complexity index is 758. The minimum atomic E-state index is 0.477. The summed E-state index contributed by atoms with van der Waals surface area (Å²) in [6, 6.07) is 8.93. The number of rotatable bonds is 4. The van der Waals surface area contributed by atoms with Crippen molar-refractivity contribution in [1.82, 2.24) is 14.9 Å². The number of benzene rings is 1. The molecule has 108 valence electrons. The van der Waals surface area contributed by atoms with Crippen LogP contribution in [-0.2, 0) is 5.75 Å². The van der Waals surface area contributed by atoms with Gasteiger partial charge in [-0.05, 0) is 29.8 Å². The van der Waals surface area contributed by atoms with Crippen LogP contribution < -0.4 is 5.84 Å². The first-order valence-electron chi connectivity index (χ1n) is 5.96. The molecule has 21 heavy (non-hydrogen) atoms. The van der Waals surface area contributed by atoms with E-state index in [0.29, 0.717) is 32.5 Å². The Kier molecular flexibility index (Phi) is 4.10. The van der Waals surface area contributed by atoms with Gasteiger partial charge in [0, 0.05) is 15.8 Å². The average molecular weight is 341 g/mol. The van der Waals surface area contributed by atoms with Gasteiger partial charge in [-0.2, -0.15) is 0 Å². The first-order valence-corrected chi connectivity index (χ1v) is 7.70. The predicted molar refractivity (Wildman–Crippen MR) is 83.9 cm³/mol. The topological polar surface area (TPSA) is 69.9 Å². The van der Waals surface area contributed by atoms with Gasteiger partial charge in [-0.3, -0.25) is 0 Å². The summed E-state index contributed by atoms with van der Waals surface area (Å²) in [5.74, 6) is 7.64. The summed E-state index contributed by atoms with van der Waals surface area (Å²) in [5, 5.41) is 9.88. The fourth-order valence-corrected chi connectivity index (χ4v) is 3.15. The molecule has 0 unspecified atom stereocenters. The number of nitrogens with zero attached hydrogens (tertiary/aromatic N) is 3. The molecule has 2 aromatic heterocycles. The zero-order chi connectivity index (χ0) is 14.8. The van der Waals surface area contributed by atoms with Gasteiger partial charge in [-0.1, -0.05) is 41.0 Å². The molecule has 1 aromatic carbocycles. The van der Waals surface area contributed by atoms with Crippen molar-refractivity contribution in [2.75, 3.05) is 5.84 Å². The van der Waals surface area contributed by atoms with E-state index in [1.54, 1.807) is 30.5 Å². The number of thioether (sulfide) groups is 1. The quantitative estimate of drug-likeness (QED) is 0.577. The van der Waals surface area contributed by atoms with Crippen molar-refractivity contribution < 1.29 is 4.42 Å². The van der Waals surface area contributed by atoms with Crippen molar-refractivity contribution in [3.63, 3.8) is 0 Å². The van der Waals surface area contributed by atoms with Crippen LogP contribution in [0, 0.1) is 0 Å². The number of hydrogen-bond acceptors (Lipinski definition) is 5. The van der Waals surface area contributed by atoms with Crippen LogP contribution >= 0.6 is 35.0 Å². The molecule has 2 N–H and O–H groups in total. The van der Waals surface area contributed by atoms with Gasteiger partial charge in [-0.25, -0.2) is 4.68 Å². The van der Waals surface area contributed by atoms with Crippen LogP contribution in [-0.4, -0.2) is 14.9 Å². The van der Waals surface area contributed by atoms with Gasteiger partial charge in [0.1, 0.15) is 0 Å². The second kappa shape index (κ2) is 6.01. The van der Waals surface area contributed by atoms with Gasteiger partial charge in [-0.15, -0.1) is 10.2 Å². The van der Waals surface area contributed by atoms with Crippen molar-refractivity contribution in [3.8, 4) is 11.6 Å². The van der Waals surface area contributed by atoms with Crippen LogP contribution in [0.3, 0.4) is 0 Å². The van der Waals surface area contributed by atoms with Crippen molar-refractivity contribution in [3.05, 3.63) is 52.2 Å². The van der Waals surface area contributed by atoms with Gasteiger partial charge in [0.2, 0.25) is 11.0 Å². The molecule has 3 aromatic rings. The van der Waals surface area contributed by atoms with Gasteiger partial charge in [0.15, 0.2) is 5.76 Å². The summed E-state index contributed by atoms with van der Waals surface area (Å²) in [4.78, 5) is 0. The Morgan fingerprint density at radius 2 is 2.10 bits per heavy atom. The van der Waals surface area contributed by atoms with E-state index < -0.39 is 0 Å². The Labute approximate surface area is 135 Å². The lowest BCUT2D eigenvalue weighted by Gasteiger charge is -2.04. The molecular weight excluding hydrogens is 331 g/mol. The summed E-state index contributed by atoms with van der Waals surface area (Å²) in [6.45, 7) is 0. The van der Waals surface area contributed by atoms with Gasteiger partial charge < -0.3 is 10.3 Å². The van der Waals surface area contributed by atoms with Gasteiger partial charge in [0.05, 0.1) is 6.26 Å². The van der Waals surface area contributed by atoms with E-state index in [4.69, 9.17) is 33.5 Å². The molecule has 0 spiro atoms. The fraction of sp³-hybridized carbons (Fsp3) is 0.0769. The van der Waals surface area contributed by atoms with Crippen LogP contribution in [0.4, 0.5) is 0 Å². The van der Waals surface area contributed by atoms with Crippen LogP contribution in [0.5, 0.6) is 0 Å². The normalized spacial score (nSPS) is 11.0. The molecule has 0 atom stereocenters. The second-order valence-corrected chi connectivity index (χ2v) is 5.96. The van der Waals surface area contributed by atoms with Crippen LogP contribution in [0.2, 0.25) is 10.0 Å². The summed E-state index contributed by atoms with van der Waals surface area (Å²) < 4.78 is 6.66. The summed E-state index contributed by atoms with van der Waals surface area (Å²) in [7, 11) is 0. The summed E-state index contributed by atoms with van der Waals surface area (Å²) >= 11 is 13.4. The Morgan fingerprint density at radius 1 is 1.24 bits per heavy atom. The zero-order valence-electron chi connectivity index (χ0n) is 10.7. The van der Waals surface area contributed by atoms with Crippen molar-refractivity contribution >= 4 is 35.0 Å². The molecule has 0 saturated carbocycles. The van der Waals surface area contributed by atoms with Crippen molar-refractivity contribution in [2.24, 2.45) is 0 Å². The minimum absolute atomic E-state index is 0.477. The Hall–Kier alpha value is -1.63. The molecule has 0 bridgehead atoms. The third-order valence-electron chi connectivity index (χ3n) is 2.78. The zero-order valence-corrected chi connectivity index (χ0v) is 13.0. The number of furan rings is 1. The second-order valence-electron chi connectivity index (χ2n) is 4.18. The molecule has 0 aliphatic rings. The summed E-state index contributed by atoms with van der Waals surface area (Å²) in [6.07, 6.45) is 1.56. The number of hydrogen-bond donors (Lipinski definition) is 1. The average Bonchev–Trinajstić information content (AvgIpc) is 3.08. The lowest BCUT2D eigenvalue weighted by molar-refractivity contribution is 0.574. The lowest BCUT2D eigenvalue weighted by atomic mass is 10.2. The van der Waals surface area contributed by atoms with E-state index >= 15 is 0 Å². The molecule has 0 saturated heterocycles. The van der Waals surface area contributed by atoms with E-state index in [1.165, 1.54) is 16.4 Å². The third-order valence-corrected chi connectivity index (χ3v) is 4.36. The van der Waals surface area contributed by atoms with Crippen LogP contribution in [0.1, 0.15) is 5.56 Å². The van der Waals surface area contributed by atoms with Gasteiger partial charge >= 0.3 is 0 Å². The van der Waals surface area contributed by atoms with E-state index in [0.717, 1.165) is 5.56 Å². The van der Waals surface area contributed by atoms with E-state index in [9.17, 15) is 0 Å². The highest BCUT2D eigenvalue weighted by molar-refractivity contribution is 7.98. The molecule has 0 radical (unpaired) electrons. The Morgan fingerprint density at radius 3 is 2.81 bits per heavy atom. The molecule has 8 heteroatoms. The first kappa shape index (κ1) is 14.3. The number of aromatic nitrogens is 3. The van der Waals surface area contributed by atoms with Crippen molar-refractivity contribution in [1.29, 1.82) is 0 Å². The standard InChI is InChI=1S/C13H10Cl2N4OS/c14-9-4-3-8(10(15)6-9)7-21-13-18-17-12(19(13)16)11-2-1-5-20-11/h1-6H,7,16H2. The van der Waals surface area contributed by atoms with Crippen LogP contribution in [0.15, 0.2) is 46.2 Å². The maximum Gasteiger partial charge on any atom is 0.218 e. The molecule has 0 aliphatic heterocycles. The van der Waals surface area contributed by atoms with Gasteiger partial charge in [0.25, 0.3) is 0 Å². The molecule has 0 aliphatic carbocycles. The summed E-state index contributed by atoms with van der Waals surface area (Å²) in [5.41, 5.74) is 0.952. The van der Waals surface area contributed by atoms with E-state index in [2.05, 4.69) is 10.2 Å². The maximum absolute atomic E-state index is 6.14. The highest BCUT2D eigenvalue weighted by Gasteiger charge is 2.14. The smallest absolute Gasteiger partial charge is 0.218 e. The highest BCUT2D eigenvalue weighted by atomic mass is 35.5. The molecule has 0 amide bonds. The lowest BCUT2D eigenvalue weighted by Crippen LogP contribution is -2.11. The van der Waals surface area contributed by atoms with E-state index in [1.807, 2.05) is 6.07 Å². The molecule has 2 heterocycles. The maximum atomic E-state index is 6.14. The predicted octanol–water partition coefficient (Wildman–Crippen LogP) is 3.85. The van der Waals surface area contributed by atoms with Crippen LogP contribution in [0.25, 0.3) is 11.6 Å². The SMILES string of the molecule is Nn1c(SCc2ccc(Cl)cc2Cl)nnc1-c1ccco1. The minimum Gasteiger partial charge on any atom is -0.461 e. The first-order chi connectivity index (χ1) is 10.1. The molecule has 3 rings (SSSR count). The van der Waals surface area contributed by atoms with E-state index in [-0.39, 0.29) is 0 Å². The third kappa shape index (κ3) is 3.02.